The van der Waals surface area contributed by atoms with Crippen molar-refractivity contribution in [2.45, 2.75) is 11.7 Å². The van der Waals surface area contributed by atoms with Crippen molar-refractivity contribution in [2.75, 3.05) is 6.26 Å². The Kier molecular flexibility index (Phi) is 3.38. The van der Waals surface area contributed by atoms with Crippen LogP contribution in [0.25, 0.3) is 11.1 Å². The molecule has 0 aliphatic heterocycles. The van der Waals surface area contributed by atoms with Gasteiger partial charge in [-0.3, -0.25) is 4.79 Å². The van der Waals surface area contributed by atoms with Crippen LogP contribution in [0.3, 0.4) is 0 Å². The lowest BCUT2D eigenvalue weighted by atomic mass is 10.0. The number of hydrogen-bond acceptors (Lipinski definition) is 3. The molecule has 0 saturated carbocycles. The number of fused-ring (bicyclic) bond motifs is 1. The maximum absolute atomic E-state index is 12.1. The van der Waals surface area contributed by atoms with Gasteiger partial charge in [-0.1, -0.05) is 41.9 Å². The molecule has 0 bridgehead atoms. The minimum absolute atomic E-state index is 0.258. The zero-order valence-electron chi connectivity index (χ0n) is 11.3. The third kappa shape index (κ3) is 2.61. The molecule has 0 spiro atoms. The minimum atomic E-state index is -3.37. The average molecular weight is 321 g/mol. The van der Waals surface area contributed by atoms with Crippen molar-refractivity contribution >= 4 is 27.2 Å². The fourth-order valence-electron chi connectivity index (χ4n) is 2.64. The van der Waals surface area contributed by atoms with Gasteiger partial charge in [0.15, 0.2) is 15.6 Å². The molecule has 2 aromatic carbocycles. The molecule has 1 unspecified atom stereocenters. The van der Waals surface area contributed by atoms with Crippen molar-refractivity contribution in [1.29, 1.82) is 0 Å². The number of hydrogen-bond donors (Lipinski definition) is 0. The number of rotatable bonds is 2. The summed E-state index contributed by atoms with van der Waals surface area (Å²) in [6, 6.07) is 12.8. The van der Waals surface area contributed by atoms with Crippen LogP contribution in [0.1, 0.15) is 15.9 Å². The zero-order valence-corrected chi connectivity index (χ0v) is 12.9. The summed E-state index contributed by atoms with van der Waals surface area (Å²) in [7, 11) is -3.37. The summed E-state index contributed by atoms with van der Waals surface area (Å²) in [5.74, 6) is -0.296. The first-order valence-corrected chi connectivity index (χ1v) is 8.81. The quantitative estimate of drug-likeness (QED) is 0.854. The smallest absolute Gasteiger partial charge is 0.181 e. The van der Waals surface area contributed by atoms with E-state index in [4.69, 9.17) is 11.6 Å². The molecule has 2 aromatic rings. The summed E-state index contributed by atoms with van der Waals surface area (Å²) < 4.78 is 23.3. The van der Waals surface area contributed by atoms with E-state index in [9.17, 15) is 13.2 Å². The molecule has 21 heavy (non-hydrogen) atoms. The fraction of sp³-hybridized carbons (Fsp3) is 0.188. The van der Waals surface area contributed by atoms with Gasteiger partial charge in [-0.05, 0) is 35.2 Å². The SMILES string of the molecule is CS(=O)(=O)C1Cc2cc(-c3ccc(Cl)cc3)ccc2C1=O. The number of ketones is 1. The molecule has 3 nitrogen and oxygen atoms in total. The monoisotopic (exact) mass is 320 g/mol. The Morgan fingerprint density at radius 2 is 1.67 bits per heavy atom. The van der Waals surface area contributed by atoms with E-state index < -0.39 is 15.1 Å². The van der Waals surface area contributed by atoms with Gasteiger partial charge in [-0.15, -0.1) is 0 Å². The summed E-state index contributed by atoms with van der Waals surface area (Å²) in [6.45, 7) is 0. The van der Waals surface area contributed by atoms with Gasteiger partial charge in [0.2, 0.25) is 0 Å². The third-order valence-electron chi connectivity index (χ3n) is 3.76. The molecule has 0 radical (unpaired) electrons. The third-order valence-corrected chi connectivity index (χ3v) is 5.43. The Labute approximate surface area is 128 Å². The largest absolute Gasteiger partial charge is 0.293 e. The number of carbonyl (C=O) groups excluding carboxylic acids is 1. The lowest BCUT2D eigenvalue weighted by Crippen LogP contribution is -2.26. The van der Waals surface area contributed by atoms with Crippen molar-refractivity contribution in [3.05, 3.63) is 58.6 Å². The van der Waals surface area contributed by atoms with Gasteiger partial charge in [0.25, 0.3) is 0 Å². The highest BCUT2D eigenvalue weighted by Crippen LogP contribution is 2.31. The predicted octanol–water partition coefficient (Wildman–Crippen LogP) is 3.16. The molecule has 3 rings (SSSR count). The molecule has 0 amide bonds. The van der Waals surface area contributed by atoms with Crippen LogP contribution < -0.4 is 0 Å². The second kappa shape index (κ2) is 4.97. The van der Waals surface area contributed by atoms with Gasteiger partial charge < -0.3 is 0 Å². The van der Waals surface area contributed by atoms with E-state index in [1.54, 1.807) is 18.2 Å². The summed E-state index contributed by atoms with van der Waals surface area (Å²) in [5.41, 5.74) is 3.25. The Morgan fingerprint density at radius 3 is 2.29 bits per heavy atom. The number of halogens is 1. The van der Waals surface area contributed by atoms with E-state index >= 15 is 0 Å². The minimum Gasteiger partial charge on any atom is -0.293 e. The summed E-state index contributed by atoms with van der Waals surface area (Å²) >= 11 is 5.87. The highest BCUT2D eigenvalue weighted by Gasteiger charge is 2.37. The van der Waals surface area contributed by atoms with Crippen LogP contribution in [0.2, 0.25) is 5.02 Å². The van der Waals surface area contributed by atoms with Crippen LogP contribution in [-0.2, 0) is 16.3 Å². The normalized spacial score (nSPS) is 17.8. The van der Waals surface area contributed by atoms with Gasteiger partial charge >= 0.3 is 0 Å². The van der Waals surface area contributed by atoms with Gasteiger partial charge in [-0.25, -0.2) is 8.42 Å². The first-order chi connectivity index (χ1) is 9.86. The molecule has 0 N–H and O–H groups in total. The van der Waals surface area contributed by atoms with E-state index in [0.29, 0.717) is 10.6 Å². The van der Waals surface area contributed by atoms with Crippen LogP contribution in [0.15, 0.2) is 42.5 Å². The van der Waals surface area contributed by atoms with Gasteiger partial charge in [0.1, 0.15) is 5.25 Å². The predicted molar refractivity (Wildman–Crippen MR) is 83.6 cm³/mol. The molecule has 1 aliphatic carbocycles. The maximum Gasteiger partial charge on any atom is 0.181 e. The Morgan fingerprint density at radius 1 is 1.05 bits per heavy atom. The fourth-order valence-corrected chi connectivity index (χ4v) is 3.76. The molecule has 1 atom stereocenters. The van der Waals surface area contributed by atoms with Crippen molar-refractivity contribution in [3.8, 4) is 11.1 Å². The van der Waals surface area contributed by atoms with Crippen LogP contribution >= 0.6 is 11.6 Å². The Balaban J connectivity index is 2.02. The van der Waals surface area contributed by atoms with E-state index in [2.05, 4.69) is 0 Å². The highest BCUT2D eigenvalue weighted by molar-refractivity contribution is 7.92. The van der Waals surface area contributed by atoms with E-state index in [-0.39, 0.29) is 12.2 Å². The first-order valence-electron chi connectivity index (χ1n) is 6.48. The Hall–Kier alpha value is -1.65. The lowest BCUT2D eigenvalue weighted by Gasteiger charge is -2.04. The molecule has 0 saturated heterocycles. The second-order valence-electron chi connectivity index (χ2n) is 5.27. The van der Waals surface area contributed by atoms with Gasteiger partial charge in [0.05, 0.1) is 0 Å². The number of benzene rings is 2. The standard InChI is InChI=1S/C16H13ClO3S/c1-21(19,20)15-9-12-8-11(4-7-14(12)16(15)18)10-2-5-13(17)6-3-10/h2-8,15H,9H2,1H3. The average Bonchev–Trinajstić information content (AvgIpc) is 2.76. The van der Waals surface area contributed by atoms with Gasteiger partial charge in [0, 0.05) is 16.8 Å². The van der Waals surface area contributed by atoms with Crippen LogP contribution in [0, 0.1) is 0 Å². The highest BCUT2D eigenvalue weighted by atomic mass is 35.5. The molecular weight excluding hydrogens is 308 g/mol. The molecule has 108 valence electrons. The van der Waals surface area contributed by atoms with Gasteiger partial charge in [-0.2, -0.15) is 0 Å². The molecule has 0 aromatic heterocycles. The molecular formula is C16H13ClO3S. The zero-order chi connectivity index (χ0) is 15.2. The number of carbonyl (C=O) groups is 1. The summed E-state index contributed by atoms with van der Waals surface area (Å²) in [6.07, 6.45) is 1.37. The van der Waals surface area contributed by atoms with Crippen molar-refractivity contribution in [2.24, 2.45) is 0 Å². The second-order valence-corrected chi connectivity index (χ2v) is 7.93. The molecule has 0 fully saturated rings. The number of Topliss-reactive ketones (excluding diaryl/α,β-unsaturated/α-hetero) is 1. The maximum atomic E-state index is 12.1. The van der Waals surface area contributed by atoms with Crippen molar-refractivity contribution in [1.82, 2.24) is 0 Å². The number of sulfone groups is 1. The van der Waals surface area contributed by atoms with Crippen molar-refractivity contribution in [3.63, 3.8) is 0 Å². The lowest BCUT2D eigenvalue weighted by molar-refractivity contribution is 0.0998. The van der Waals surface area contributed by atoms with Crippen LogP contribution in [-0.4, -0.2) is 25.7 Å². The van der Waals surface area contributed by atoms with Crippen LogP contribution in [0.4, 0.5) is 0 Å². The van der Waals surface area contributed by atoms with E-state index in [1.807, 2.05) is 24.3 Å². The summed E-state index contributed by atoms with van der Waals surface area (Å²) in [4.78, 5) is 12.1. The molecule has 1 aliphatic rings. The topological polar surface area (TPSA) is 51.2 Å². The van der Waals surface area contributed by atoms with E-state index in [1.165, 1.54) is 0 Å². The summed E-state index contributed by atoms with van der Waals surface area (Å²) in [5, 5.41) is -0.278. The Bertz CT molecular complexity index is 823. The molecule has 5 heteroatoms. The molecule has 0 heterocycles. The van der Waals surface area contributed by atoms with Crippen molar-refractivity contribution < 1.29 is 13.2 Å². The van der Waals surface area contributed by atoms with E-state index in [0.717, 1.165) is 22.9 Å². The van der Waals surface area contributed by atoms with Crippen LogP contribution in [0.5, 0.6) is 0 Å². The first kappa shape index (κ1) is 14.3.